The molecule has 1 aromatic rings. The summed E-state index contributed by atoms with van der Waals surface area (Å²) in [5.74, 6) is 0.835. The van der Waals surface area contributed by atoms with Crippen LogP contribution in [0.1, 0.15) is 18.0 Å². The van der Waals surface area contributed by atoms with E-state index < -0.39 is 0 Å². The maximum atomic E-state index is 5.91. The van der Waals surface area contributed by atoms with Crippen LogP contribution in [-0.2, 0) is 4.74 Å². The summed E-state index contributed by atoms with van der Waals surface area (Å²) in [4.78, 5) is 2.26. The molecule has 0 fully saturated rings. The molecule has 4 nitrogen and oxygen atoms in total. The number of nitrogens with two attached hydrogens (primary N) is 1. The Morgan fingerprint density at radius 3 is 2.63 bits per heavy atom. The van der Waals surface area contributed by atoms with Gasteiger partial charge in [0.2, 0.25) is 0 Å². The molecule has 0 bridgehead atoms. The fraction of sp³-hybridized carbons (Fsp3) is 0.571. The molecule has 2 N–H and O–H groups in total. The van der Waals surface area contributed by atoms with Gasteiger partial charge in [-0.15, -0.1) is 0 Å². The molecule has 0 aliphatic rings. The Balaban J connectivity index is 2.75. The minimum absolute atomic E-state index is 0.207. The monoisotopic (exact) mass is 330 g/mol. The van der Waals surface area contributed by atoms with Crippen LogP contribution in [0.3, 0.4) is 0 Å². The first-order valence-corrected chi connectivity index (χ1v) is 7.16. The van der Waals surface area contributed by atoms with E-state index in [4.69, 9.17) is 15.2 Å². The van der Waals surface area contributed by atoms with E-state index in [2.05, 4.69) is 40.0 Å². The van der Waals surface area contributed by atoms with Gasteiger partial charge < -0.3 is 15.2 Å². The Kier molecular flexibility index (Phi) is 7.38. The standard InChI is InChI=1S/C14H23BrN2O2/c1-17(7-4-8-18-2)13(10-16)11-5-6-14(19-3)12(15)9-11/h5-6,9,13H,4,7-8,10,16H2,1-3H3. The predicted octanol–water partition coefficient (Wildman–Crippen LogP) is 2.43. The van der Waals surface area contributed by atoms with E-state index in [0.717, 1.165) is 29.8 Å². The molecule has 0 saturated heterocycles. The fourth-order valence-electron chi connectivity index (χ4n) is 2.07. The van der Waals surface area contributed by atoms with Crippen LogP contribution in [0.4, 0.5) is 0 Å². The summed E-state index contributed by atoms with van der Waals surface area (Å²) in [5, 5.41) is 0. The number of rotatable bonds is 8. The molecule has 1 aromatic carbocycles. The molecule has 108 valence electrons. The average Bonchev–Trinajstić information content (AvgIpc) is 2.40. The molecule has 0 amide bonds. The number of halogens is 1. The van der Waals surface area contributed by atoms with Crippen molar-refractivity contribution in [3.05, 3.63) is 28.2 Å². The van der Waals surface area contributed by atoms with Crippen LogP contribution in [0.15, 0.2) is 22.7 Å². The second-order valence-corrected chi connectivity index (χ2v) is 5.33. The van der Waals surface area contributed by atoms with Crippen molar-refractivity contribution >= 4 is 15.9 Å². The lowest BCUT2D eigenvalue weighted by molar-refractivity contribution is 0.166. The highest BCUT2D eigenvalue weighted by molar-refractivity contribution is 9.10. The van der Waals surface area contributed by atoms with Crippen LogP contribution in [0.5, 0.6) is 5.75 Å². The summed E-state index contributed by atoms with van der Waals surface area (Å²) in [6.07, 6.45) is 1.00. The van der Waals surface area contributed by atoms with Crippen LogP contribution in [0, 0.1) is 0 Å². The second kappa shape index (κ2) is 8.53. The third-order valence-electron chi connectivity index (χ3n) is 3.18. The summed E-state index contributed by atoms with van der Waals surface area (Å²) < 4.78 is 11.3. The van der Waals surface area contributed by atoms with E-state index >= 15 is 0 Å². The van der Waals surface area contributed by atoms with Crippen LogP contribution in [-0.4, -0.2) is 45.9 Å². The van der Waals surface area contributed by atoms with E-state index in [9.17, 15) is 0 Å². The molecule has 0 radical (unpaired) electrons. The fourth-order valence-corrected chi connectivity index (χ4v) is 2.63. The zero-order valence-corrected chi connectivity index (χ0v) is 13.4. The Morgan fingerprint density at radius 1 is 1.37 bits per heavy atom. The van der Waals surface area contributed by atoms with Gasteiger partial charge in [0.15, 0.2) is 0 Å². The molecule has 0 aliphatic carbocycles. The third kappa shape index (κ3) is 4.76. The summed E-state index contributed by atoms with van der Waals surface area (Å²) in [6.45, 7) is 2.32. The van der Waals surface area contributed by atoms with Gasteiger partial charge in [0.1, 0.15) is 5.75 Å². The lowest BCUT2D eigenvalue weighted by atomic mass is 10.1. The molecule has 1 atom stereocenters. The number of hydrogen-bond donors (Lipinski definition) is 1. The average molecular weight is 331 g/mol. The van der Waals surface area contributed by atoms with Crippen molar-refractivity contribution in [2.45, 2.75) is 12.5 Å². The first kappa shape index (κ1) is 16.4. The van der Waals surface area contributed by atoms with Crippen molar-refractivity contribution in [2.24, 2.45) is 5.73 Å². The van der Waals surface area contributed by atoms with Crippen molar-refractivity contribution in [3.63, 3.8) is 0 Å². The zero-order chi connectivity index (χ0) is 14.3. The highest BCUT2D eigenvalue weighted by Gasteiger charge is 2.16. The molecule has 0 aliphatic heterocycles. The van der Waals surface area contributed by atoms with Crippen LogP contribution in [0.25, 0.3) is 0 Å². The molecular formula is C14H23BrN2O2. The van der Waals surface area contributed by atoms with Gasteiger partial charge in [0.25, 0.3) is 0 Å². The van der Waals surface area contributed by atoms with Gasteiger partial charge in [-0.1, -0.05) is 6.07 Å². The Morgan fingerprint density at radius 2 is 2.11 bits per heavy atom. The van der Waals surface area contributed by atoms with Gasteiger partial charge in [0, 0.05) is 32.8 Å². The Bertz CT molecular complexity index is 388. The molecule has 1 unspecified atom stereocenters. The molecule has 0 spiro atoms. The van der Waals surface area contributed by atoms with Crippen LogP contribution >= 0.6 is 15.9 Å². The highest BCUT2D eigenvalue weighted by atomic mass is 79.9. The summed E-state index contributed by atoms with van der Waals surface area (Å²) in [5.41, 5.74) is 7.10. The first-order chi connectivity index (χ1) is 9.13. The van der Waals surface area contributed by atoms with E-state index in [1.807, 2.05) is 6.07 Å². The number of benzene rings is 1. The number of hydrogen-bond acceptors (Lipinski definition) is 4. The largest absolute Gasteiger partial charge is 0.496 e. The highest BCUT2D eigenvalue weighted by Crippen LogP contribution is 2.29. The van der Waals surface area contributed by atoms with E-state index in [-0.39, 0.29) is 6.04 Å². The number of ether oxygens (including phenoxy) is 2. The number of nitrogens with zero attached hydrogens (tertiary/aromatic N) is 1. The summed E-state index contributed by atoms with van der Waals surface area (Å²) >= 11 is 3.51. The van der Waals surface area contributed by atoms with Gasteiger partial charge in [0.05, 0.1) is 11.6 Å². The minimum Gasteiger partial charge on any atom is -0.496 e. The zero-order valence-electron chi connectivity index (χ0n) is 11.9. The third-order valence-corrected chi connectivity index (χ3v) is 3.79. The van der Waals surface area contributed by atoms with Gasteiger partial charge in [-0.25, -0.2) is 0 Å². The number of methoxy groups -OCH3 is 2. The summed E-state index contributed by atoms with van der Waals surface area (Å²) in [6, 6.07) is 6.31. The van der Waals surface area contributed by atoms with Gasteiger partial charge in [-0.2, -0.15) is 0 Å². The molecule has 0 saturated carbocycles. The Hall–Kier alpha value is -0.620. The molecule has 19 heavy (non-hydrogen) atoms. The lowest BCUT2D eigenvalue weighted by Crippen LogP contribution is -2.31. The molecule has 1 rings (SSSR count). The first-order valence-electron chi connectivity index (χ1n) is 6.36. The van der Waals surface area contributed by atoms with Crippen LogP contribution < -0.4 is 10.5 Å². The maximum Gasteiger partial charge on any atom is 0.133 e. The smallest absolute Gasteiger partial charge is 0.133 e. The topological polar surface area (TPSA) is 47.7 Å². The van der Waals surface area contributed by atoms with Crippen molar-refractivity contribution in [3.8, 4) is 5.75 Å². The van der Waals surface area contributed by atoms with E-state index in [1.165, 1.54) is 5.56 Å². The molecule has 0 heterocycles. The maximum absolute atomic E-state index is 5.91. The van der Waals surface area contributed by atoms with E-state index in [0.29, 0.717) is 6.54 Å². The van der Waals surface area contributed by atoms with E-state index in [1.54, 1.807) is 14.2 Å². The number of likely N-dealkylation sites (N-methyl/N-ethyl adjacent to an activating group) is 1. The quantitative estimate of drug-likeness (QED) is 0.743. The normalized spacial score (nSPS) is 12.7. The summed E-state index contributed by atoms with van der Waals surface area (Å²) in [7, 11) is 5.48. The molecule has 0 aromatic heterocycles. The van der Waals surface area contributed by atoms with Crippen molar-refractivity contribution < 1.29 is 9.47 Å². The SMILES string of the molecule is COCCCN(C)C(CN)c1ccc(OC)c(Br)c1. The van der Waals surface area contributed by atoms with Gasteiger partial charge in [-0.3, -0.25) is 4.90 Å². The predicted molar refractivity (Wildman–Crippen MR) is 81.6 cm³/mol. The van der Waals surface area contributed by atoms with Crippen molar-refractivity contribution in [2.75, 3.05) is 41.0 Å². The second-order valence-electron chi connectivity index (χ2n) is 4.47. The minimum atomic E-state index is 0.207. The van der Waals surface area contributed by atoms with Gasteiger partial charge >= 0.3 is 0 Å². The molecule has 5 heteroatoms. The van der Waals surface area contributed by atoms with Gasteiger partial charge in [-0.05, 0) is 47.1 Å². The Labute approximate surface area is 124 Å². The van der Waals surface area contributed by atoms with Crippen molar-refractivity contribution in [1.82, 2.24) is 4.90 Å². The lowest BCUT2D eigenvalue weighted by Gasteiger charge is -2.27. The van der Waals surface area contributed by atoms with Crippen molar-refractivity contribution in [1.29, 1.82) is 0 Å². The van der Waals surface area contributed by atoms with Crippen LogP contribution in [0.2, 0.25) is 0 Å². The molecular weight excluding hydrogens is 308 g/mol.